The molecule has 0 unspecified atom stereocenters. The highest BCUT2D eigenvalue weighted by Crippen LogP contribution is 2.37. The van der Waals surface area contributed by atoms with E-state index in [4.69, 9.17) is 21.1 Å². The molecule has 0 aliphatic carbocycles. The number of nitrogens with zero attached hydrogens (tertiary/aromatic N) is 2. The standard InChI is InChI=1S/C34H33ClFN5O5S/c1-2-45-32-18-29-27(17-30(32)41-33(42)7-4-12-38-25-10-13-47(43,44)14-11-25)34(23(19-37)20-39-29)40-26-8-9-31(28(35)16-26)46-21-22-5-3-6-24(36)15-22/h3-9,15-18,20,25,38H,2,10-14,21H2,1H3,(H,39,40)(H,41,42)/b7-4+. The number of ether oxygens (including phenoxy) is 2. The fourth-order valence-electron chi connectivity index (χ4n) is 5.11. The maximum Gasteiger partial charge on any atom is 0.248 e. The quantitative estimate of drug-likeness (QED) is 0.148. The van der Waals surface area contributed by atoms with Crippen molar-refractivity contribution in [3.8, 4) is 17.6 Å². The van der Waals surface area contributed by atoms with Crippen LogP contribution in [0.2, 0.25) is 5.02 Å². The Balaban J connectivity index is 1.33. The zero-order valence-corrected chi connectivity index (χ0v) is 27.1. The van der Waals surface area contributed by atoms with E-state index in [1.807, 2.05) is 6.92 Å². The summed E-state index contributed by atoms with van der Waals surface area (Å²) < 4.78 is 48.4. The van der Waals surface area contributed by atoms with E-state index < -0.39 is 15.7 Å². The summed E-state index contributed by atoms with van der Waals surface area (Å²) in [5, 5.41) is 20.2. The lowest BCUT2D eigenvalue weighted by Gasteiger charge is -2.22. The molecule has 0 atom stereocenters. The van der Waals surface area contributed by atoms with Gasteiger partial charge in [-0.3, -0.25) is 9.78 Å². The number of nitrogens with one attached hydrogen (secondary N) is 3. The first-order valence-electron chi connectivity index (χ1n) is 15.0. The zero-order chi connectivity index (χ0) is 33.4. The normalized spacial score (nSPS) is 14.5. The third-order valence-corrected chi connectivity index (χ3v) is 9.49. The van der Waals surface area contributed by atoms with Crippen molar-refractivity contribution in [2.45, 2.75) is 32.4 Å². The van der Waals surface area contributed by atoms with Crippen LogP contribution in [0.25, 0.3) is 10.9 Å². The van der Waals surface area contributed by atoms with Crippen LogP contribution in [-0.2, 0) is 21.2 Å². The summed E-state index contributed by atoms with van der Waals surface area (Å²) in [5.74, 6) is 0.407. The fraction of sp³-hybridized carbons (Fsp3) is 0.265. The van der Waals surface area contributed by atoms with Gasteiger partial charge < -0.3 is 25.4 Å². The van der Waals surface area contributed by atoms with Gasteiger partial charge in [0.1, 0.15) is 39.8 Å². The number of fused-ring (bicyclic) bond motifs is 1. The summed E-state index contributed by atoms with van der Waals surface area (Å²) in [6.45, 7) is 2.72. The molecule has 47 heavy (non-hydrogen) atoms. The number of hydrogen-bond acceptors (Lipinski definition) is 9. The van der Waals surface area contributed by atoms with Crippen LogP contribution < -0.4 is 25.4 Å². The number of anilines is 3. The van der Waals surface area contributed by atoms with Crippen LogP contribution >= 0.6 is 11.6 Å². The number of amides is 1. The van der Waals surface area contributed by atoms with Gasteiger partial charge in [-0.15, -0.1) is 0 Å². The maximum absolute atomic E-state index is 13.5. The number of pyridine rings is 1. The van der Waals surface area contributed by atoms with Gasteiger partial charge >= 0.3 is 0 Å². The van der Waals surface area contributed by atoms with Gasteiger partial charge in [-0.1, -0.05) is 29.8 Å². The molecule has 1 saturated heterocycles. The van der Waals surface area contributed by atoms with E-state index in [0.717, 1.165) is 0 Å². The summed E-state index contributed by atoms with van der Waals surface area (Å²) >= 11 is 6.52. The van der Waals surface area contributed by atoms with Crippen molar-refractivity contribution in [2.24, 2.45) is 0 Å². The minimum Gasteiger partial charge on any atom is -0.492 e. The Labute approximate surface area is 277 Å². The van der Waals surface area contributed by atoms with Crippen molar-refractivity contribution in [2.75, 3.05) is 35.3 Å². The van der Waals surface area contributed by atoms with Crippen molar-refractivity contribution in [1.29, 1.82) is 5.26 Å². The van der Waals surface area contributed by atoms with Crippen molar-refractivity contribution in [3.63, 3.8) is 0 Å². The number of nitriles is 1. The third kappa shape index (κ3) is 8.98. The molecule has 0 bridgehead atoms. The van der Waals surface area contributed by atoms with Crippen molar-refractivity contribution >= 4 is 55.3 Å². The molecule has 3 N–H and O–H groups in total. The Morgan fingerprint density at radius 1 is 1.13 bits per heavy atom. The van der Waals surface area contributed by atoms with Gasteiger partial charge in [0.2, 0.25) is 5.91 Å². The van der Waals surface area contributed by atoms with Gasteiger partial charge in [0.25, 0.3) is 0 Å². The molecule has 10 nitrogen and oxygen atoms in total. The smallest absolute Gasteiger partial charge is 0.248 e. The molecule has 13 heteroatoms. The Morgan fingerprint density at radius 2 is 1.94 bits per heavy atom. The van der Waals surface area contributed by atoms with E-state index in [2.05, 4.69) is 27.0 Å². The van der Waals surface area contributed by atoms with Gasteiger partial charge in [-0.25, -0.2) is 12.8 Å². The summed E-state index contributed by atoms with van der Waals surface area (Å²) in [7, 11) is -2.94. The molecule has 3 aromatic carbocycles. The summed E-state index contributed by atoms with van der Waals surface area (Å²) in [6, 6.07) is 16.8. The maximum atomic E-state index is 13.5. The van der Waals surface area contributed by atoms with Crippen LogP contribution in [0, 0.1) is 17.1 Å². The second kappa shape index (κ2) is 15.3. The number of carbonyl (C=O) groups is 1. The van der Waals surface area contributed by atoms with Gasteiger partial charge in [0.05, 0.1) is 45.6 Å². The second-order valence-corrected chi connectivity index (χ2v) is 13.6. The van der Waals surface area contributed by atoms with E-state index >= 15 is 0 Å². The van der Waals surface area contributed by atoms with Crippen LogP contribution in [-0.4, -0.2) is 50.0 Å². The molecule has 1 aliphatic heterocycles. The number of rotatable bonds is 12. The fourth-order valence-corrected chi connectivity index (χ4v) is 6.84. The van der Waals surface area contributed by atoms with Gasteiger partial charge in [-0.2, -0.15) is 5.26 Å². The van der Waals surface area contributed by atoms with Gasteiger partial charge in [0.15, 0.2) is 0 Å². The highest BCUT2D eigenvalue weighted by molar-refractivity contribution is 7.91. The molecule has 0 spiro atoms. The predicted molar refractivity (Wildman–Crippen MR) is 181 cm³/mol. The molecular weight excluding hydrogens is 645 g/mol. The largest absolute Gasteiger partial charge is 0.492 e. The first-order chi connectivity index (χ1) is 22.6. The molecule has 2 heterocycles. The third-order valence-electron chi connectivity index (χ3n) is 7.48. The van der Waals surface area contributed by atoms with Gasteiger partial charge in [-0.05, 0) is 61.7 Å². The lowest BCUT2D eigenvalue weighted by Crippen LogP contribution is -2.37. The van der Waals surface area contributed by atoms with Crippen LogP contribution in [0.1, 0.15) is 30.9 Å². The van der Waals surface area contributed by atoms with Crippen molar-refractivity contribution in [3.05, 3.63) is 94.9 Å². The molecular formula is C34H33ClFN5O5S. The number of benzene rings is 3. The first kappa shape index (κ1) is 33.7. The summed E-state index contributed by atoms with van der Waals surface area (Å²) in [4.78, 5) is 17.3. The highest BCUT2D eigenvalue weighted by atomic mass is 35.5. The molecule has 0 saturated carbocycles. The van der Waals surface area contributed by atoms with E-state index in [0.29, 0.717) is 76.0 Å². The number of carbonyl (C=O) groups excluding carboxylic acids is 1. The Bertz CT molecular complexity index is 1950. The van der Waals surface area contributed by atoms with E-state index in [9.17, 15) is 22.9 Å². The van der Waals surface area contributed by atoms with E-state index in [1.54, 1.807) is 48.5 Å². The van der Waals surface area contributed by atoms with Crippen molar-refractivity contribution in [1.82, 2.24) is 10.3 Å². The Kier molecular flexibility index (Phi) is 10.9. The summed E-state index contributed by atoms with van der Waals surface area (Å²) in [5.41, 5.74) is 2.87. The zero-order valence-electron chi connectivity index (χ0n) is 25.6. The average molecular weight is 678 g/mol. The minimum absolute atomic E-state index is 0.0860. The monoisotopic (exact) mass is 677 g/mol. The molecule has 5 rings (SSSR count). The predicted octanol–water partition coefficient (Wildman–Crippen LogP) is 6.28. The number of hydrogen-bond donors (Lipinski definition) is 3. The first-order valence-corrected chi connectivity index (χ1v) is 17.2. The number of sulfone groups is 1. The van der Waals surface area contributed by atoms with Crippen LogP contribution in [0.3, 0.4) is 0 Å². The van der Waals surface area contributed by atoms with Crippen LogP contribution in [0.5, 0.6) is 11.5 Å². The molecule has 244 valence electrons. The molecule has 1 aliphatic rings. The molecule has 1 amide bonds. The highest BCUT2D eigenvalue weighted by Gasteiger charge is 2.22. The minimum atomic E-state index is -2.94. The molecule has 1 fully saturated rings. The molecule has 1 aromatic heterocycles. The van der Waals surface area contributed by atoms with Crippen LogP contribution in [0.4, 0.5) is 21.5 Å². The second-order valence-electron chi connectivity index (χ2n) is 10.9. The average Bonchev–Trinajstić information content (AvgIpc) is 3.04. The lowest BCUT2D eigenvalue weighted by atomic mass is 10.1. The SMILES string of the molecule is CCOc1cc2ncc(C#N)c(Nc3ccc(OCc4cccc(F)c4)c(Cl)c3)c2cc1NC(=O)/C=C/CNC1CCS(=O)(=O)CC1. The molecule has 4 aromatic rings. The van der Waals surface area contributed by atoms with Crippen molar-refractivity contribution < 1.29 is 27.1 Å². The van der Waals surface area contributed by atoms with E-state index in [1.165, 1.54) is 24.4 Å². The van der Waals surface area contributed by atoms with E-state index in [-0.39, 0.29) is 35.5 Å². The number of aromatic nitrogens is 1. The lowest BCUT2D eigenvalue weighted by molar-refractivity contribution is -0.111. The number of halogens is 2. The molecule has 0 radical (unpaired) electrons. The Morgan fingerprint density at radius 3 is 2.66 bits per heavy atom. The topological polar surface area (TPSA) is 142 Å². The van der Waals surface area contributed by atoms with Crippen LogP contribution in [0.15, 0.2) is 72.9 Å². The van der Waals surface area contributed by atoms with Gasteiger partial charge in [0, 0.05) is 42.0 Å². The summed E-state index contributed by atoms with van der Waals surface area (Å²) in [6.07, 6.45) is 5.63. The Hall–Kier alpha value is -4.70.